The predicted molar refractivity (Wildman–Crippen MR) is 104 cm³/mol. The Bertz CT molecular complexity index is 786. The minimum Gasteiger partial charge on any atom is -0.446 e. The Morgan fingerprint density at radius 1 is 1.21 bits per heavy atom. The molecule has 1 heterocycles. The number of ether oxygens (including phenoxy) is 1. The SMILES string of the molecule is N#Cc1ccc(N[C@@H]2CCN(C(=O)OC3C4CC5CC3CC(O)(C5)C4)C2)cc1. The summed E-state index contributed by atoms with van der Waals surface area (Å²) in [5, 5.41) is 23.0. The zero-order valence-corrected chi connectivity index (χ0v) is 16.0. The summed E-state index contributed by atoms with van der Waals surface area (Å²) in [6, 6.07) is 9.71. The van der Waals surface area contributed by atoms with Crippen LogP contribution in [0, 0.1) is 29.1 Å². The summed E-state index contributed by atoms with van der Waals surface area (Å²) in [7, 11) is 0. The van der Waals surface area contributed by atoms with Crippen molar-refractivity contribution in [1.29, 1.82) is 5.26 Å². The van der Waals surface area contributed by atoms with Crippen LogP contribution in [0.25, 0.3) is 0 Å². The van der Waals surface area contributed by atoms with Crippen molar-refractivity contribution in [2.75, 3.05) is 18.4 Å². The molecule has 4 saturated carbocycles. The van der Waals surface area contributed by atoms with E-state index in [1.54, 1.807) is 17.0 Å². The molecule has 0 aromatic heterocycles. The molecule has 6 rings (SSSR count). The van der Waals surface area contributed by atoms with Gasteiger partial charge in [0.05, 0.1) is 17.2 Å². The van der Waals surface area contributed by atoms with Gasteiger partial charge in [-0.15, -0.1) is 0 Å². The summed E-state index contributed by atoms with van der Waals surface area (Å²) in [6.45, 7) is 1.33. The summed E-state index contributed by atoms with van der Waals surface area (Å²) in [5.74, 6) is 1.27. The van der Waals surface area contributed by atoms with Crippen LogP contribution in [0.15, 0.2) is 24.3 Å². The lowest BCUT2D eigenvalue weighted by atomic mass is 9.53. The van der Waals surface area contributed by atoms with Crippen molar-refractivity contribution >= 4 is 11.8 Å². The van der Waals surface area contributed by atoms with Crippen LogP contribution in [0.2, 0.25) is 0 Å². The molecule has 6 heteroatoms. The number of rotatable bonds is 3. The van der Waals surface area contributed by atoms with Crippen molar-refractivity contribution < 1.29 is 14.6 Å². The third-order valence-electron chi connectivity index (χ3n) is 7.22. The molecule has 1 amide bonds. The van der Waals surface area contributed by atoms with Gasteiger partial charge in [0.1, 0.15) is 6.10 Å². The van der Waals surface area contributed by atoms with Crippen LogP contribution in [0.5, 0.6) is 0 Å². The molecular formula is C22H27N3O3. The Hall–Kier alpha value is -2.26. The van der Waals surface area contributed by atoms with Gasteiger partial charge >= 0.3 is 6.09 Å². The monoisotopic (exact) mass is 381 g/mol. The van der Waals surface area contributed by atoms with Gasteiger partial charge in [-0.25, -0.2) is 4.79 Å². The maximum absolute atomic E-state index is 12.8. The minimum atomic E-state index is -0.497. The number of carbonyl (C=O) groups is 1. The van der Waals surface area contributed by atoms with Crippen molar-refractivity contribution in [3.63, 3.8) is 0 Å². The topological polar surface area (TPSA) is 85.6 Å². The molecule has 1 aromatic carbocycles. The van der Waals surface area contributed by atoms with Gasteiger partial charge in [-0.1, -0.05) is 0 Å². The number of nitrogens with zero attached hydrogens (tertiary/aromatic N) is 2. The number of benzene rings is 1. The summed E-state index contributed by atoms with van der Waals surface area (Å²) >= 11 is 0. The smallest absolute Gasteiger partial charge is 0.410 e. The minimum absolute atomic E-state index is 0.0186. The van der Waals surface area contributed by atoms with Crippen molar-refractivity contribution in [2.24, 2.45) is 17.8 Å². The molecule has 3 atom stereocenters. The summed E-state index contributed by atoms with van der Waals surface area (Å²) in [6.07, 6.45) is 5.38. The number of anilines is 1. The number of carbonyl (C=O) groups excluding carboxylic acids is 1. The molecule has 4 aliphatic carbocycles. The number of nitrogens with one attached hydrogen (secondary N) is 1. The second kappa shape index (κ2) is 6.66. The van der Waals surface area contributed by atoms with Crippen LogP contribution in [0.3, 0.4) is 0 Å². The second-order valence-corrected chi connectivity index (χ2v) is 9.31. The maximum atomic E-state index is 12.8. The first-order valence-electron chi connectivity index (χ1n) is 10.5. The second-order valence-electron chi connectivity index (χ2n) is 9.31. The van der Waals surface area contributed by atoms with E-state index in [1.165, 1.54) is 0 Å². The Morgan fingerprint density at radius 2 is 1.93 bits per heavy atom. The molecule has 148 valence electrons. The molecule has 4 bridgehead atoms. The zero-order valence-electron chi connectivity index (χ0n) is 16.0. The van der Waals surface area contributed by atoms with E-state index in [-0.39, 0.29) is 18.2 Å². The summed E-state index contributed by atoms with van der Waals surface area (Å²) in [5.41, 5.74) is 1.11. The number of aliphatic hydroxyl groups is 1. The number of hydrogen-bond donors (Lipinski definition) is 2. The van der Waals surface area contributed by atoms with Crippen LogP contribution in [0.1, 0.15) is 44.1 Å². The van der Waals surface area contributed by atoms with Crippen molar-refractivity contribution in [2.45, 2.75) is 56.3 Å². The molecule has 5 aliphatic rings. The first kappa shape index (κ1) is 17.8. The lowest BCUT2D eigenvalue weighted by molar-refractivity contribution is -0.177. The number of hydrogen-bond acceptors (Lipinski definition) is 5. The number of nitriles is 1. The average Bonchev–Trinajstić information content (AvgIpc) is 3.12. The van der Waals surface area contributed by atoms with Gasteiger partial charge in [0.2, 0.25) is 0 Å². The third kappa shape index (κ3) is 3.22. The quantitative estimate of drug-likeness (QED) is 0.840. The predicted octanol–water partition coefficient (Wildman–Crippen LogP) is 3.12. The Balaban J connectivity index is 1.16. The van der Waals surface area contributed by atoms with E-state index in [0.717, 1.165) is 44.2 Å². The molecule has 2 N–H and O–H groups in total. The molecule has 2 unspecified atom stereocenters. The standard InChI is InChI=1S/C22H27N3O3/c23-12-14-1-3-18(4-2-14)24-19-5-6-25(13-19)21(26)28-20-16-7-15-8-17(20)11-22(27,9-15)10-16/h1-4,15-17,19-20,24,27H,5-11,13H2/t15?,16?,17?,19-,20?,22?/m1/s1. The van der Waals surface area contributed by atoms with Crippen molar-refractivity contribution in [3.8, 4) is 6.07 Å². The first-order valence-corrected chi connectivity index (χ1v) is 10.5. The highest BCUT2D eigenvalue weighted by atomic mass is 16.6. The molecule has 1 aromatic rings. The maximum Gasteiger partial charge on any atom is 0.410 e. The lowest BCUT2D eigenvalue weighted by Gasteiger charge is -2.57. The normalized spacial score (nSPS) is 38.3. The fourth-order valence-corrected chi connectivity index (χ4v) is 6.24. The van der Waals surface area contributed by atoms with E-state index >= 15 is 0 Å². The van der Waals surface area contributed by atoms with E-state index in [4.69, 9.17) is 10.00 Å². The highest BCUT2D eigenvalue weighted by Gasteiger charge is 2.56. The zero-order chi connectivity index (χ0) is 19.3. The number of amides is 1. The van der Waals surface area contributed by atoms with Gasteiger partial charge in [0.25, 0.3) is 0 Å². The highest BCUT2D eigenvalue weighted by Crippen LogP contribution is 2.56. The van der Waals surface area contributed by atoms with Crippen molar-refractivity contribution in [1.82, 2.24) is 4.90 Å². The van der Waals surface area contributed by atoms with Gasteiger partial charge in [0, 0.05) is 24.8 Å². The third-order valence-corrected chi connectivity index (χ3v) is 7.22. The van der Waals surface area contributed by atoms with Crippen LogP contribution in [-0.4, -0.2) is 46.9 Å². The fourth-order valence-electron chi connectivity index (χ4n) is 6.24. The Morgan fingerprint density at radius 3 is 2.57 bits per heavy atom. The highest BCUT2D eigenvalue weighted by molar-refractivity contribution is 5.68. The van der Waals surface area contributed by atoms with Crippen LogP contribution >= 0.6 is 0 Å². The van der Waals surface area contributed by atoms with Gasteiger partial charge in [0.15, 0.2) is 0 Å². The average molecular weight is 381 g/mol. The molecule has 5 fully saturated rings. The van der Waals surface area contributed by atoms with Gasteiger partial charge in [-0.2, -0.15) is 5.26 Å². The Labute approximate surface area is 165 Å². The van der Waals surface area contributed by atoms with E-state index in [1.807, 2.05) is 12.1 Å². The molecule has 6 nitrogen and oxygen atoms in total. The van der Waals surface area contributed by atoms with Crippen LogP contribution in [0.4, 0.5) is 10.5 Å². The molecule has 28 heavy (non-hydrogen) atoms. The van der Waals surface area contributed by atoms with Crippen LogP contribution in [-0.2, 0) is 4.74 Å². The first-order chi connectivity index (χ1) is 13.5. The molecule has 1 saturated heterocycles. The summed E-state index contributed by atoms with van der Waals surface area (Å²) < 4.78 is 6.00. The molecule has 1 aliphatic heterocycles. The molecule has 0 spiro atoms. The van der Waals surface area contributed by atoms with Gasteiger partial charge in [-0.3, -0.25) is 0 Å². The largest absolute Gasteiger partial charge is 0.446 e. The number of likely N-dealkylation sites (tertiary alicyclic amines) is 1. The van der Waals surface area contributed by atoms with Gasteiger partial charge in [-0.05, 0) is 80.5 Å². The van der Waals surface area contributed by atoms with Crippen molar-refractivity contribution in [3.05, 3.63) is 29.8 Å². The fraction of sp³-hybridized carbons (Fsp3) is 0.636. The van der Waals surface area contributed by atoms with E-state index in [0.29, 0.717) is 36.4 Å². The molecule has 0 radical (unpaired) electrons. The van der Waals surface area contributed by atoms with E-state index in [9.17, 15) is 9.90 Å². The molecular weight excluding hydrogens is 354 g/mol. The van der Waals surface area contributed by atoms with E-state index in [2.05, 4.69) is 11.4 Å². The van der Waals surface area contributed by atoms with Gasteiger partial charge < -0.3 is 20.1 Å². The Kier molecular flexibility index (Phi) is 4.24. The van der Waals surface area contributed by atoms with E-state index < -0.39 is 5.60 Å². The van der Waals surface area contributed by atoms with Crippen LogP contribution < -0.4 is 5.32 Å². The summed E-state index contributed by atoms with van der Waals surface area (Å²) in [4.78, 5) is 14.6. The lowest BCUT2D eigenvalue weighted by Crippen LogP contribution is -2.58.